The van der Waals surface area contributed by atoms with E-state index in [1.165, 1.54) is 4.88 Å². The highest BCUT2D eigenvalue weighted by atomic mass is 32.1. The summed E-state index contributed by atoms with van der Waals surface area (Å²) in [7, 11) is 2.02. The smallest absolute Gasteiger partial charge is 0.178 e. The molecule has 4 heteroatoms. The van der Waals surface area contributed by atoms with Gasteiger partial charge in [-0.2, -0.15) is 0 Å². The molecule has 0 N–H and O–H groups in total. The number of carbonyl (C=O) groups is 1. The van der Waals surface area contributed by atoms with E-state index in [2.05, 4.69) is 47.8 Å². The third-order valence-electron chi connectivity index (χ3n) is 4.20. The number of aryl methyl sites for hydroxylation is 1. The van der Waals surface area contributed by atoms with Gasteiger partial charge >= 0.3 is 0 Å². The summed E-state index contributed by atoms with van der Waals surface area (Å²) in [4.78, 5) is 16.0. The molecule has 2 aromatic rings. The summed E-state index contributed by atoms with van der Waals surface area (Å²) >= 11 is 1.74. The molecular weight excluding hydrogens is 280 g/mol. The maximum absolute atomic E-state index is 12.6. The highest BCUT2D eigenvalue weighted by molar-refractivity contribution is 7.10. The van der Waals surface area contributed by atoms with Crippen LogP contribution in [0.3, 0.4) is 0 Å². The molecule has 1 unspecified atom stereocenters. The van der Waals surface area contributed by atoms with Crippen LogP contribution in [0.2, 0.25) is 0 Å². The third-order valence-corrected chi connectivity index (χ3v) is 5.24. The van der Waals surface area contributed by atoms with Crippen molar-refractivity contribution in [2.45, 2.75) is 40.3 Å². The lowest BCUT2D eigenvalue weighted by Gasteiger charge is -2.23. The summed E-state index contributed by atoms with van der Waals surface area (Å²) in [6.45, 7) is 9.71. The van der Waals surface area contributed by atoms with Crippen molar-refractivity contribution in [2.75, 3.05) is 13.6 Å². The van der Waals surface area contributed by atoms with Gasteiger partial charge < -0.3 is 4.57 Å². The Hall–Kier alpha value is -1.39. The monoisotopic (exact) mass is 304 g/mol. The van der Waals surface area contributed by atoms with Gasteiger partial charge in [0.05, 0.1) is 6.54 Å². The van der Waals surface area contributed by atoms with Gasteiger partial charge in [0.15, 0.2) is 5.78 Å². The lowest BCUT2D eigenvalue weighted by Crippen LogP contribution is -2.28. The predicted octanol–water partition coefficient (Wildman–Crippen LogP) is 4.06. The number of rotatable bonds is 6. The highest BCUT2D eigenvalue weighted by Crippen LogP contribution is 2.24. The Kier molecular flexibility index (Phi) is 5.01. The zero-order valence-corrected chi connectivity index (χ0v) is 14.3. The van der Waals surface area contributed by atoms with E-state index >= 15 is 0 Å². The van der Waals surface area contributed by atoms with E-state index in [1.807, 2.05) is 20.0 Å². The molecule has 21 heavy (non-hydrogen) atoms. The lowest BCUT2D eigenvalue weighted by molar-refractivity contribution is 0.0925. The second-order valence-corrected chi connectivity index (χ2v) is 6.54. The van der Waals surface area contributed by atoms with Crippen molar-refractivity contribution < 1.29 is 4.79 Å². The number of carbonyl (C=O) groups excluding carboxylic acids is 1. The van der Waals surface area contributed by atoms with E-state index in [0.29, 0.717) is 6.54 Å². The summed E-state index contributed by atoms with van der Waals surface area (Å²) in [5.41, 5.74) is 3.10. The highest BCUT2D eigenvalue weighted by Gasteiger charge is 2.20. The Morgan fingerprint density at radius 3 is 2.67 bits per heavy atom. The predicted molar refractivity (Wildman–Crippen MR) is 89.3 cm³/mol. The summed E-state index contributed by atoms with van der Waals surface area (Å²) in [5, 5.41) is 2.08. The maximum Gasteiger partial charge on any atom is 0.178 e. The standard InChI is InChI=1S/C17H24N2OS/c1-6-19-12(2)10-15(13(19)3)16(20)11-18(5)14(4)17-8-7-9-21-17/h7-10,14H,6,11H2,1-5H3. The second kappa shape index (κ2) is 6.58. The average Bonchev–Trinajstić information content (AvgIpc) is 3.06. The molecule has 0 amide bonds. The number of aromatic nitrogens is 1. The normalized spacial score (nSPS) is 12.9. The molecule has 0 saturated heterocycles. The van der Waals surface area contributed by atoms with E-state index in [1.54, 1.807) is 11.3 Å². The minimum atomic E-state index is 0.203. The number of thiophene rings is 1. The number of likely N-dealkylation sites (N-methyl/N-ethyl adjacent to an activating group) is 1. The van der Waals surface area contributed by atoms with Crippen molar-refractivity contribution in [3.05, 3.63) is 45.4 Å². The lowest BCUT2D eigenvalue weighted by atomic mass is 10.1. The summed E-state index contributed by atoms with van der Waals surface area (Å²) in [6.07, 6.45) is 0. The SMILES string of the molecule is CCn1c(C)cc(C(=O)CN(C)C(C)c2cccs2)c1C. The van der Waals surface area contributed by atoms with E-state index < -0.39 is 0 Å². The van der Waals surface area contributed by atoms with Crippen LogP contribution >= 0.6 is 11.3 Å². The number of hydrogen-bond donors (Lipinski definition) is 0. The fraction of sp³-hybridized carbons (Fsp3) is 0.471. The number of hydrogen-bond acceptors (Lipinski definition) is 3. The van der Waals surface area contributed by atoms with E-state index in [0.717, 1.165) is 23.5 Å². The molecule has 3 nitrogen and oxygen atoms in total. The maximum atomic E-state index is 12.6. The summed E-state index contributed by atoms with van der Waals surface area (Å²) < 4.78 is 2.19. The second-order valence-electron chi connectivity index (χ2n) is 5.56. The molecule has 114 valence electrons. The van der Waals surface area contributed by atoms with Crippen LogP contribution in [-0.2, 0) is 6.54 Å². The van der Waals surface area contributed by atoms with Gasteiger partial charge in [0.1, 0.15) is 0 Å². The van der Waals surface area contributed by atoms with Crippen molar-refractivity contribution in [2.24, 2.45) is 0 Å². The van der Waals surface area contributed by atoms with E-state index in [-0.39, 0.29) is 11.8 Å². The van der Waals surface area contributed by atoms with Crippen LogP contribution in [0.4, 0.5) is 0 Å². The molecule has 2 heterocycles. The molecule has 0 aliphatic carbocycles. The van der Waals surface area contributed by atoms with Crippen LogP contribution < -0.4 is 0 Å². The first-order valence-electron chi connectivity index (χ1n) is 7.39. The molecule has 0 aliphatic rings. The van der Waals surface area contributed by atoms with Gasteiger partial charge in [0.2, 0.25) is 0 Å². The van der Waals surface area contributed by atoms with Crippen LogP contribution in [0, 0.1) is 13.8 Å². The van der Waals surface area contributed by atoms with Gasteiger partial charge in [0.25, 0.3) is 0 Å². The molecular formula is C17H24N2OS. The number of nitrogens with zero attached hydrogens (tertiary/aromatic N) is 2. The van der Waals surface area contributed by atoms with Crippen molar-refractivity contribution >= 4 is 17.1 Å². The van der Waals surface area contributed by atoms with E-state index in [9.17, 15) is 4.79 Å². The van der Waals surface area contributed by atoms with Crippen LogP contribution in [0.25, 0.3) is 0 Å². The number of ketones is 1. The van der Waals surface area contributed by atoms with Crippen LogP contribution in [-0.4, -0.2) is 28.8 Å². The fourth-order valence-electron chi connectivity index (χ4n) is 2.76. The molecule has 0 radical (unpaired) electrons. The molecule has 1 atom stereocenters. The van der Waals surface area contributed by atoms with Crippen LogP contribution in [0.15, 0.2) is 23.6 Å². The quantitative estimate of drug-likeness (QED) is 0.752. The minimum absolute atomic E-state index is 0.203. The van der Waals surface area contributed by atoms with Crippen molar-refractivity contribution in [1.82, 2.24) is 9.47 Å². The largest absolute Gasteiger partial charge is 0.349 e. The molecule has 0 saturated carbocycles. The van der Waals surface area contributed by atoms with Gasteiger partial charge in [-0.25, -0.2) is 0 Å². The van der Waals surface area contributed by atoms with Crippen LogP contribution in [0.5, 0.6) is 0 Å². The van der Waals surface area contributed by atoms with E-state index in [4.69, 9.17) is 0 Å². The molecule has 0 aliphatic heterocycles. The van der Waals surface area contributed by atoms with Crippen molar-refractivity contribution in [3.8, 4) is 0 Å². The van der Waals surface area contributed by atoms with Gasteiger partial charge in [-0.1, -0.05) is 6.07 Å². The summed E-state index contributed by atoms with van der Waals surface area (Å²) in [6, 6.07) is 6.47. The van der Waals surface area contributed by atoms with Gasteiger partial charge in [-0.3, -0.25) is 9.69 Å². The summed E-state index contributed by atoms with van der Waals surface area (Å²) in [5.74, 6) is 0.203. The first-order chi connectivity index (χ1) is 9.95. The molecule has 2 aromatic heterocycles. The van der Waals surface area contributed by atoms with Crippen molar-refractivity contribution in [1.29, 1.82) is 0 Å². The fourth-order valence-corrected chi connectivity index (χ4v) is 3.61. The molecule has 0 fully saturated rings. The zero-order valence-electron chi connectivity index (χ0n) is 13.5. The third kappa shape index (κ3) is 3.27. The Balaban J connectivity index is 2.11. The molecule has 0 aromatic carbocycles. The molecule has 2 rings (SSSR count). The Morgan fingerprint density at radius 1 is 1.43 bits per heavy atom. The van der Waals surface area contributed by atoms with Gasteiger partial charge in [-0.05, 0) is 52.3 Å². The molecule has 0 bridgehead atoms. The topological polar surface area (TPSA) is 25.2 Å². The van der Waals surface area contributed by atoms with Crippen LogP contribution in [0.1, 0.15) is 46.5 Å². The Labute approximate surface area is 131 Å². The van der Waals surface area contributed by atoms with Gasteiger partial charge in [-0.15, -0.1) is 11.3 Å². The average molecular weight is 304 g/mol. The zero-order chi connectivity index (χ0) is 15.6. The molecule has 0 spiro atoms. The Bertz CT molecular complexity index is 613. The van der Waals surface area contributed by atoms with Gasteiger partial charge in [0, 0.05) is 34.4 Å². The number of Topliss-reactive ketones (excluding diaryl/α,β-unsaturated/α-hetero) is 1. The van der Waals surface area contributed by atoms with Crippen molar-refractivity contribution in [3.63, 3.8) is 0 Å². The Morgan fingerprint density at radius 2 is 2.14 bits per heavy atom. The first-order valence-corrected chi connectivity index (χ1v) is 8.27. The first kappa shape index (κ1) is 16.0. The minimum Gasteiger partial charge on any atom is -0.349 e.